The molecular weight excluding hydrogens is 214 g/mol. The van der Waals surface area contributed by atoms with E-state index >= 15 is 0 Å². The number of benzene rings is 1. The van der Waals surface area contributed by atoms with Gasteiger partial charge >= 0.3 is 5.97 Å². The highest BCUT2D eigenvalue weighted by molar-refractivity contribution is 5.83. The van der Waals surface area contributed by atoms with Crippen LogP contribution in [0.25, 0.3) is 0 Å². The number of allylic oxidation sites excluding steroid dienone is 1. The molecule has 92 valence electrons. The standard InChI is InChI=1S/C14H19NO2/c1-14(2,3)17-13(16)10-12(15)9-11-7-5-4-6-8-11/h4-8,10H,9,15H2,1-3H3. The summed E-state index contributed by atoms with van der Waals surface area (Å²) in [5, 5.41) is 0. The lowest BCUT2D eigenvalue weighted by Crippen LogP contribution is -2.23. The monoisotopic (exact) mass is 233 g/mol. The van der Waals surface area contributed by atoms with E-state index in [-0.39, 0.29) is 0 Å². The summed E-state index contributed by atoms with van der Waals surface area (Å²) in [6.07, 6.45) is 1.90. The fourth-order valence-corrected chi connectivity index (χ4v) is 1.37. The lowest BCUT2D eigenvalue weighted by Gasteiger charge is -2.18. The van der Waals surface area contributed by atoms with Crippen LogP contribution in [0.5, 0.6) is 0 Å². The Kier molecular flexibility index (Phi) is 4.32. The summed E-state index contributed by atoms with van der Waals surface area (Å²) in [6.45, 7) is 5.48. The van der Waals surface area contributed by atoms with Gasteiger partial charge in [-0.3, -0.25) is 0 Å². The molecular formula is C14H19NO2. The molecule has 3 nitrogen and oxygen atoms in total. The van der Waals surface area contributed by atoms with E-state index in [4.69, 9.17) is 10.5 Å². The Morgan fingerprint density at radius 2 is 1.88 bits per heavy atom. The molecule has 1 aromatic rings. The Bertz CT molecular complexity index is 402. The van der Waals surface area contributed by atoms with Crippen molar-refractivity contribution in [3.63, 3.8) is 0 Å². The molecule has 1 aromatic carbocycles. The van der Waals surface area contributed by atoms with E-state index in [9.17, 15) is 4.79 Å². The molecule has 2 N–H and O–H groups in total. The fraction of sp³-hybridized carbons (Fsp3) is 0.357. The third-order valence-corrected chi connectivity index (χ3v) is 1.96. The van der Waals surface area contributed by atoms with Crippen LogP contribution in [-0.4, -0.2) is 11.6 Å². The smallest absolute Gasteiger partial charge is 0.333 e. The normalized spacial score (nSPS) is 12.3. The third kappa shape index (κ3) is 5.76. The van der Waals surface area contributed by atoms with Crippen LogP contribution < -0.4 is 5.73 Å². The highest BCUT2D eigenvalue weighted by Crippen LogP contribution is 2.09. The Hall–Kier alpha value is -1.77. The SMILES string of the molecule is CC(C)(C)OC(=O)C=C(N)Cc1ccccc1. The molecule has 0 saturated heterocycles. The third-order valence-electron chi connectivity index (χ3n) is 1.96. The predicted octanol–water partition coefficient (Wildman–Crippen LogP) is 2.41. The highest BCUT2D eigenvalue weighted by Gasteiger charge is 2.14. The summed E-state index contributed by atoms with van der Waals surface area (Å²) < 4.78 is 5.15. The molecule has 0 aliphatic heterocycles. The average Bonchev–Trinajstić information content (AvgIpc) is 2.15. The number of rotatable bonds is 3. The van der Waals surface area contributed by atoms with Crippen molar-refractivity contribution in [3.05, 3.63) is 47.7 Å². The van der Waals surface area contributed by atoms with E-state index < -0.39 is 11.6 Å². The van der Waals surface area contributed by atoms with E-state index in [0.717, 1.165) is 5.56 Å². The lowest BCUT2D eigenvalue weighted by atomic mass is 10.1. The van der Waals surface area contributed by atoms with Gasteiger partial charge in [-0.05, 0) is 26.3 Å². The van der Waals surface area contributed by atoms with Gasteiger partial charge in [0.2, 0.25) is 0 Å². The first-order valence-corrected chi connectivity index (χ1v) is 5.60. The van der Waals surface area contributed by atoms with Gasteiger partial charge in [0.25, 0.3) is 0 Å². The van der Waals surface area contributed by atoms with Crippen LogP contribution in [0.1, 0.15) is 26.3 Å². The zero-order chi connectivity index (χ0) is 12.9. The zero-order valence-electron chi connectivity index (χ0n) is 10.6. The Morgan fingerprint density at radius 3 is 2.41 bits per heavy atom. The Morgan fingerprint density at radius 1 is 1.29 bits per heavy atom. The number of carbonyl (C=O) groups excluding carboxylic acids is 1. The number of esters is 1. The Balaban J connectivity index is 2.58. The molecule has 0 heterocycles. The van der Waals surface area contributed by atoms with Crippen LogP contribution in [0, 0.1) is 0 Å². The molecule has 3 heteroatoms. The quantitative estimate of drug-likeness (QED) is 0.644. The van der Waals surface area contributed by atoms with Crippen molar-refractivity contribution in [2.24, 2.45) is 5.73 Å². The summed E-state index contributed by atoms with van der Waals surface area (Å²) in [6, 6.07) is 9.76. The van der Waals surface area contributed by atoms with Crippen LogP contribution in [0.3, 0.4) is 0 Å². The van der Waals surface area contributed by atoms with Crippen molar-refractivity contribution < 1.29 is 9.53 Å². The van der Waals surface area contributed by atoms with Crippen molar-refractivity contribution in [2.45, 2.75) is 32.8 Å². The second kappa shape index (κ2) is 5.53. The van der Waals surface area contributed by atoms with Crippen LogP contribution in [0.15, 0.2) is 42.1 Å². The van der Waals surface area contributed by atoms with Crippen molar-refractivity contribution in [1.82, 2.24) is 0 Å². The molecule has 0 saturated carbocycles. The lowest BCUT2D eigenvalue weighted by molar-refractivity contribution is -0.148. The van der Waals surface area contributed by atoms with E-state index in [0.29, 0.717) is 12.1 Å². The highest BCUT2D eigenvalue weighted by atomic mass is 16.6. The minimum atomic E-state index is -0.486. The van der Waals surface area contributed by atoms with E-state index in [1.807, 2.05) is 51.1 Å². The number of hydrogen-bond donors (Lipinski definition) is 1. The second-order valence-electron chi connectivity index (χ2n) is 4.92. The molecule has 0 bridgehead atoms. The zero-order valence-corrected chi connectivity index (χ0v) is 10.6. The van der Waals surface area contributed by atoms with E-state index in [2.05, 4.69) is 0 Å². The Labute approximate surface area is 102 Å². The molecule has 0 unspecified atom stereocenters. The topological polar surface area (TPSA) is 52.3 Å². The minimum Gasteiger partial charge on any atom is -0.457 e. The van der Waals surface area contributed by atoms with Crippen LogP contribution in [0.4, 0.5) is 0 Å². The molecule has 0 atom stereocenters. The first-order chi connectivity index (χ1) is 7.87. The average molecular weight is 233 g/mol. The number of nitrogens with two attached hydrogens (primary N) is 1. The molecule has 0 radical (unpaired) electrons. The van der Waals surface area contributed by atoms with Gasteiger partial charge in [-0.1, -0.05) is 30.3 Å². The summed E-state index contributed by atoms with van der Waals surface area (Å²) in [5.41, 5.74) is 6.88. The van der Waals surface area contributed by atoms with Gasteiger partial charge < -0.3 is 10.5 Å². The molecule has 0 spiro atoms. The van der Waals surface area contributed by atoms with Crippen LogP contribution >= 0.6 is 0 Å². The van der Waals surface area contributed by atoms with Gasteiger partial charge in [-0.25, -0.2) is 4.79 Å². The predicted molar refractivity (Wildman–Crippen MR) is 68.3 cm³/mol. The van der Waals surface area contributed by atoms with Gasteiger partial charge in [0.15, 0.2) is 0 Å². The minimum absolute atomic E-state index is 0.397. The van der Waals surface area contributed by atoms with E-state index in [1.54, 1.807) is 0 Å². The van der Waals surface area contributed by atoms with Gasteiger partial charge in [0, 0.05) is 18.2 Å². The molecule has 0 aliphatic rings. The maximum absolute atomic E-state index is 11.5. The molecule has 0 aromatic heterocycles. The maximum Gasteiger partial charge on any atom is 0.333 e. The molecule has 0 aliphatic carbocycles. The summed E-state index contributed by atoms with van der Waals surface area (Å²) in [7, 11) is 0. The van der Waals surface area contributed by atoms with Crippen molar-refractivity contribution >= 4 is 5.97 Å². The largest absolute Gasteiger partial charge is 0.457 e. The first-order valence-electron chi connectivity index (χ1n) is 5.60. The number of ether oxygens (including phenoxy) is 1. The maximum atomic E-state index is 11.5. The second-order valence-corrected chi connectivity index (χ2v) is 4.92. The first kappa shape index (κ1) is 13.3. The number of carbonyl (C=O) groups is 1. The van der Waals surface area contributed by atoms with Gasteiger partial charge in [0.1, 0.15) is 5.60 Å². The van der Waals surface area contributed by atoms with Crippen molar-refractivity contribution in [3.8, 4) is 0 Å². The van der Waals surface area contributed by atoms with Crippen molar-refractivity contribution in [1.29, 1.82) is 0 Å². The van der Waals surface area contributed by atoms with Crippen LogP contribution in [-0.2, 0) is 16.0 Å². The van der Waals surface area contributed by atoms with Crippen LogP contribution in [0.2, 0.25) is 0 Å². The van der Waals surface area contributed by atoms with Gasteiger partial charge in [-0.15, -0.1) is 0 Å². The number of hydrogen-bond acceptors (Lipinski definition) is 3. The summed E-state index contributed by atoms with van der Waals surface area (Å²) >= 11 is 0. The van der Waals surface area contributed by atoms with Crippen molar-refractivity contribution in [2.75, 3.05) is 0 Å². The molecule has 0 fully saturated rings. The van der Waals surface area contributed by atoms with Gasteiger partial charge in [0.05, 0.1) is 0 Å². The van der Waals surface area contributed by atoms with E-state index in [1.165, 1.54) is 6.08 Å². The molecule has 0 amide bonds. The van der Waals surface area contributed by atoms with Gasteiger partial charge in [-0.2, -0.15) is 0 Å². The molecule has 17 heavy (non-hydrogen) atoms. The fourth-order valence-electron chi connectivity index (χ4n) is 1.37. The summed E-state index contributed by atoms with van der Waals surface area (Å²) in [4.78, 5) is 11.5. The molecule has 1 rings (SSSR count). The summed E-state index contributed by atoms with van der Waals surface area (Å²) in [5.74, 6) is -0.397.